The van der Waals surface area contributed by atoms with Gasteiger partial charge in [-0.15, -0.1) is 0 Å². The summed E-state index contributed by atoms with van der Waals surface area (Å²) in [5, 5.41) is 9.81. The highest BCUT2D eigenvalue weighted by Gasteiger charge is 2.28. The Labute approximate surface area is 430 Å². The third kappa shape index (κ3) is 51.1. The highest BCUT2D eigenvalue weighted by atomic mass is 31.2. The lowest BCUT2D eigenvalue weighted by atomic mass is 10.0. The molecule has 414 valence electrons. The molecule has 0 aromatic rings. The number of rotatable bonds is 56. The standard InChI is InChI=1S/C58H111O11P/c1-4-7-10-13-16-19-21-23-25-26-27-28-30-32-34-37-40-43-46-49-58(62)69-55(51-65-56(60)47-44-41-38-35-18-15-12-9-6-3)53-67-70(63,64)66-52-54(50-59)68-57(61)48-45-42-39-36-33-31-29-24-22-20-17-14-11-8-5-2/h23,25,54-55,59H,4-22,24,26-53H2,1-3H3,(H,63,64)/b25-23-. The first-order valence-electron chi connectivity index (χ1n) is 29.6. The summed E-state index contributed by atoms with van der Waals surface area (Å²) in [5.41, 5.74) is 0. The molecule has 0 aliphatic heterocycles. The second-order valence-corrected chi connectivity index (χ2v) is 21.6. The maximum absolute atomic E-state index is 12.9. The molecule has 0 fully saturated rings. The third-order valence-electron chi connectivity index (χ3n) is 13.2. The van der Waals surface area contributed by atoms with Gasteiger partial charge >= 0.3 is 25.7 Å². The normalized spacial score (nSPS) is 13.4. The minimum Gasteiger partial charge on any atom is -0.462 e. The minimum atomic E-state index is -4.73. The van der Waals surface area contributed by atoms with Crippen LogP contribution >= 0.6 is 7.82 Å². The Bertz CT molecular complexity index is 1230. The quantitative estimate of drug-likeness (QED) is 0.0197. The number of ether oxygens (including phenoxy) is 3. The molecule has 0 aliphatic carbocycles. The van der Waals surface area contributed by atoms with Gasteiger partial charge in [-0.3, -0.25) is 23.4 Å². The van der Waals surface area contributed by atoms with Gasteiger partial charge in [-0.05, 0) is 44.9 Å². The molecule has 0 heterocycles. The fraction of sp³-hybridized carbons (Fsp3) is 0.914. The lowest BCUT2D eigenvalue weighted by molar-refractivity contribution is -0.161. The first kappa shape index (κ1) is 68.2. The minimum absolute atomic E-state index is 0.172. The van der Waals surface area contributed by atoms with Gasteiger partial charge < -0.3 is 24.2 Å². The van der Waals surface area contributed by atoms with E-state index in [2.05, 4.69) is 32.9 Å². The molecule has 0 aromatic carbocycles. The molecule has 0 bridgehead atoms. The molecule has 0 rings (SSSR count). The van der Waals surface area contributed by atoms with Crippen LogP contribution < -0.4 is 0 Å². The Morgan fingerprint density at radius 3 is 0.986 bits per heavy atom. The molecule has 0 amide bonds. The van der Waals surface area contributed by atoms with E-state index in [4.69, 9.17) is 23.3 Å². The molecule has 2 N–H and O–H groups in total. The van der Waals surface area contributed by atoms with Crippen LogP contribution in [-0.2, 0) is 42.2 Å². The van der Waals surface area contributed by atoms with Crippen LogP contribution in [0.1, 0.15) is 303 Å². The average Bonchev–Trinajstić information content (AvgIpc) is 3.35. The van der Waals surface area contributed by atoms with Crippen molar-refractivity contribution in [2.24, 2.45) is 0 Å². The summed E-state index contributed by atoms with van der Waals surface area (Å²) in [6, 6.07) is 0. The number of carbonyl (C=O) groups is 3. The van der Waals surface area contributed by atoms with E-state index in [0.717, 1.165) is 57.8 Å². The molecule has 0 aliphatic rings. The number of aliphatic hydroxyl groups is 1. The van der Waals surface area contributed by atoms with Gasteiger partial charge in [0.1, 0.15) is 12.7 Å². The summed E-state index contributed by atoms with van der Waals surface area (Å²) in [4.78, 5) is 48.4. The second kappa shape index (κ2) is 53.5. The van der Waals surface area contributed by atoms with E-state index in [1.54, 1.807) is 0 Å². The summed E-state index contributed by atoms with van der Waals surface area (Å²) >= 11 is 0. The molecule has 0 aromatic heterocycles. The Morgan fingerprint density at radius 2 is 0.657 bits per heavy atom. The maximum atomic E-state index is 12.9. The highest BCUT2D eigenvalue weighted by Crippen LogP contribution is 2.43. The largest absolute Gasteiger partial charge is 0.472 e. The number of aliphatic hydroxyl groups excluding tert-OH is 1. The number of esters is 3. The van der Waals surface area contributed by atoms with Crippen LogP contribution in [0.15, 0.2) is 12.2 Å². The van der Waals surface area contributed by atoms with E-state index in [-0.39, 0.29) is 25.9 Å². The van der Waals surface area contributed by atoms with E-state index < -0.39 is 57.8 Å². The maximum Gasteiger partial charge on any atom is 0.472 e. The molecule has 12 heteroatoms. The van der Waals surface area contributed by atoms with Gasteiger partial charge in [0.2, 0.25) is 0 Å². The predicted octanol–water partition coefficient (Wildman–Crippen LogP) is 17.3. The monoisotopic (exact) mass is 1010 g/mol. The molecule has 11 nitrogen and oxygen atoms in total. The molecular formula is C58H111O11P. The van der Waals surface area contributed by atoms with E-state index in [0.29, 0.717) is 19.3 Å². The fourth-order valence-electron chi connectivity index (χ4n) is 8.65. The van der Waals surface area contributed by atoms with Crippen molar-refractivity contribution in [3.8, 4) is 0 Å². The smallest absolute Gasteiger partial charge is 0.462 e. The van der Waals surface area contributed by atoms with Gasteiger partial charge in [-0.25, -0.2) is 4.57 Å². The van der Waals surface area contributed by atoms with Gasteiger partial charge in [-0.2, -0.15) is 0 Å². The summed E-state index contributed by atoms with van der Waals surface area (Å²) < 4.78 is 39.5. The third-order valence-corrected chi connectivity index (χ3v) is 14.1. The SMILES string of the molecule is CCCCCCCC/C=C\CCCCCCCCCCCC(=O)OC(COC(=O)CCCCCCCCCCC)COP(=O)(O)OCC(CO)OC(=O)CCCCCCCCCCCCCCCCC. The summed E-state index contributed by atoms with van der Waals surface area (Å²) in [5.74, 6) is -1.44. The second-order valence-electron chi connectivity index (χ2n) is 20.2. The molecule has 3 atom stereocenters. The van der Waals surface area contributed by atoms with Crippen molar-refractivity contribution < 1.29 is 52.2 Å². The topological polar surface area (TPSA) is 155 Å². The lowest BCUT2D eigenvalue weighted by Gasteiger charge is -2.21. The Hall–Kier alpha value is -1.78. The lowest BCUT2D eigenvalue weighted by Crippen LogP contribution is -2.30. The predicted molar refractivity (Wildman–Crippen MR) is 289 cm³/mol. The Morgan fingerprint density at radius 1 is 0.386 bits per heavy atom. The molecular weight excluding hydrogens is 904 g/mol. The first-order valence-corrected chi connectivity index (χ1v) is 31.1. The number of phosphoric ester groups is 1. The number of hydrogen-bond acceptors (Lipinski definition) is 10. The van der Waals surface area contributed by atoms with Gasteiger partial charge in [-0.1, -0.05) is 251 Å². The molecule has 3 unspecified atom stereocenters. The zero-order chi connectivity index (χ0) is 51.3. The van der Waals surface area contributed by atoms with Crippen LogP contribution in [-0.4, -0.2) is 66.5 Å². The van der Waals surface area contributed by atoms with Crippen molar-refractivity contribution in [1.29, 1.82) is 0 Å². The number of hydrogen-bond donors (Lipinski definition) is 2. The van der Waals surface area contributed by atoms with Crippen molar-refractivity contribution in [3.05, 3.63) is 12.2 Å². The molecule has 0 saturated carbocycles. The Kier molecular flexibility index (Phi) is 52.1. The zero-order valence-corrected chi connectivity index (χ0v) is 46.7. The summed E-state index contributed by atoms with van der Waals surface area (Å²) in [7, 11) is -4.73. The summed E-state index contributed by atoms with van der Waals surface area (Å²) in [6.45, 7) is 4.68. The number of allylic oxidation sites excluding steroid dienone is 2. The molecule has 70 heavy (non-hydrogen) atoms. The van der Waals surface area contributed by atoms with Crippen molar-refractivity contribution >= 4 is 25.7 Å². The van der Waals surface area contributed by atoms with Gasteiger partial charge in [0.05, 0.1) is 19.8 Å². The molecule has 0 radical (unpaired) electrons. The Balaban J connectivity index is 4.58. The number of carbonyl (C=O) groups excluding carboxylic acids is 3. The van der Waals surface area contributed by atoms with Crippen LogP contribution in [0.3, 0.4) is 0 Å². The first-order chi connectivity index (χ1) is 34.2. The fourth-order valence-corrected chi connectivity index (χ4v) is 9.43. The van der Waals surface area contributed by atoms with Crippen molar-refractivity contribution in [3.63, 3.8) is 0 Å². The van der Waals surface area contributed by atoms with Crippen LogP contribution in [0.2, 0.25) is 0 Å². The highest BCUT2D eigenvalue weighted by molar-refractivity contribution is 7.47. The zero-order valence-electron chi connectivity index (χ0n) is 45.8. The summed E-state index contributed by atoms with van der Waals surface area (Å²) in [6.07, 6.45) is 51.8. The number of phosphoric acid groups is 1. The van der Waals surface area contributed by atoms with E-state index in [9.17, 15) is 28.9 Å². The van der Waals surface area contributed by atoms with Gasteiger partial charge in [0.25, 0.3) is 0 Å². The van der Waals surface area contributed by atoms with Crippen molar-refractivity contribution in [2.45, 2.75) is 315 Å². The van der Waals surface area contributed by atoms with E-state index in [1.165, 1.54) is 186 Å². The van der Waals surface area contributed by atoms with E-state index >= 15 is 0 Å². The molecule has 0 saturated heterocycles. The van der Waals surface area contributed by atoms with Gasteiger partial charge in [0.15, 0.2) is 6.10 Å². The average molecular weight is 1020 g/mol. The van der Waals surface area contributed by atoms with Crippen LogP contribution in [0.5, 0.6) is 0 Å². The number of unbranched alkanes of at least 4 members (excludes halogenated alkanes) is 37. The van der Waals surface area contributed by atoms with Crippen LogP contribution in [0.4, 0.5) is 0 Å². The van der Waals surface area contributed by atoms with Crippen molar-refractivity contribution in [1.82, 2.24) is 0 Å². The van der Waals surface area contributed by atoms with Gasteiger partial charge in [0, 0.05) is 19.3 Å². The van der Waals surface area contributed by atoms with Crippen LogP contribution in [0.25, 0.3) is 0 Å². The van der Waals surface area contributed by atoms with Crippen LogP contribution in [0, 0.1) is 0 Å². The molecule has 0 spiro atoms. The van der Waals surface area contributed by atoms with Crippen molar-refractivity contribution in [2.75, 3.05) is 26.4 Å². The van der Waals surface area contributed by atoms with E-state index in [1.807, 2.05) is 0 Å².